The minimum atomic E-state index is 0. The average molecular weight is 757 g/mol. The summed E-state index contributed by atoms with van der Waals surface area (Å²) >= 11 is 1.74. The number of hydrogen-bond donors (Lipinski definition) is 0. The molecule has 246 valence electrons. The summed E-state index contributed by atoms with van der Waals surface area (Å²) < 4.78 is 0. The van der Waals surface area contributed by atoms with Crippen molar-refractivity contribution in [1.29, 1.82) is 0 Å². The van der Waals surface area contributed by atoms with E-state index in [4.69, 9.17) is 0 Å². The Labute approximate surface area is 312 Å². The van der Waals surface area contributed by atoms with E-state index in [1.165, 1.54) is 66.1 Å². The number of rotatable bonds is 3. The molecule has 0 aliphatic heterocycles. The van der Waals surface area contributed by atoms with Gasteiger partial charge in [-0.3, -0.25) is 0 Å². The van der Waals surface area contributed by atoms with Crippen molar-refractivity contribution in [2.75, 3.05) is 0 Å². The first-order valence-electron chi connectivity index (χ1n) is 16.3. The first-order chi connectivity index (χ1) is 21.2. The zero-order valence-electron chi connectivity index (χ0n) is 29.9. The number of benzene rings is 4. The number of aryl methyl sites for hydroxylation is 2. The van der Waals surface area contributed by atoms with Crippen molar-refractivity contribution in [3.63, 3.8) is 0 Å². The standard InChI is InChI=1S/C21H23.C20H21.C2H6Si.2ClH.Zr/c1-5-15-13-17-7-6-8-19(20(17)14-15)16-9-11-18(12-10-16)21(2,3)4;1-14-12-16-6-5-7-18(19(16)13-14)15-8-10-17(11-9-15)20(2,3)4;1-3-2;;;/h6-14H,5H2,1-4H3;5-13H,1-4H3;1-2H3;2*1H;/q2*-1;;;;+2/p-2. The predicted molar refractivity (Wildman–Crippen MR) is 199 cm³/mol. The molecule has 0 heterocycles. The van der Waals surface area contributed by atoms with Gasteiger partial charge in [-0.1, -0.05) is 127 Å². The molecule has 0 atom stereocenters. The second-order valence-corrected chi connectivity index (χ2v) is 23.9. The monoisotopic (exact) mass is 754 g/mol. The molecule has 0 saturated heterocycles. The van der Waals surface area contributed by atoms with E-state index in [9.17, 15) is 0 Å². The molecule has 0 aromatic heterocycles. The van der Waals surface area contributed by atoms with Gasteiger partial charge in [0.1, 0.15) is 0 Å². The van der Waals surface area contributed by atoms with Crippen LogP contribution in [0.3, 0.4) is 0 Å². The van der Waals surface area contributed by atoms with Gasteiger partial charge in [0.25, 0.3) is 0 Å². The van der Waals surface area contributed by atoms with E-state index in [1.54, 1.807) is 23.3 Å². The number of halogens is 2. The van der Waals surface area contributed by atoms with Crippen LogP contribution in [-0.2, 0) is 40.6 Å². The van der Waals surface area contributed by atoms with Gasteiger partial charge in [0.15, 0.2) is 0 Å². The van der Waals surface area contributed by atoms with Crippen molar-refractivity contribution in [2.45, 2.75) is 85.7 Å². The third-order valence-electron chi connectivity index (χ3n) is 8.24. The molecule has 0 amide bonds. The fourth-order valence-electron chi connectivity index (χ4n) is 5.69. The molecule has 0 aliphatic rings. The first-order valence-corrected chi connectivity index (χ1v) is 22.4. The van der Waals surface area contributed by atoms with Gasteiger partial charge in [-0.25, -0.2) is 0 Å². The van der Waals surface area contributed by atoms with Crippen LogP contribution >= 0.6 is 0 Å². The van der Waals surface area contributed by atoms with Crippen LogP contribution in [0.15, 0.2) is 109 Å². The van der Waals surface area contributed by atoms with Crippen molar-refractivity contribution < 1.29 is 48.1 Å². The molecular weight excluding hydrogens is 707 g/mol. The molecule has 4 heteroatoms. The molecule has 0 nitrogen and oxygen atoms in total. The van der Waals surface area contributed by atoms with Crippen LogP contribution in [0.5, 0.6) is 0 Å². The van der Waals surface area contributed by atoms with Crippen LogP contribution in [0.2, 0.25) is 13.1 Å². The summed E-state index contributed by atoms with van der Waals surface area (Å²) in [5.41, 5.74) is 11.4. The Morgan fingerprint density at radius 3 is 1.36 bits per heavy atom. The Morgan fingerprint density at radius 1 is 0.596 bits per heavy atom. The Hall–Kier alpha value is -2.22. The molecule has 6 aromatic rings. The Morgan fingerprint density at radius 2 is 0.979 bits per heavy atom. The summed E-state index contributed by atoms with van der Waals surface area (Å²) in [7, 11) is 0. The molecule has 0 N–H and O–H groups in total. The van der Waals surface area contributed by atoms with Crippen LogP contribution in [0.25, 0.3) is 43.8 Å². The van der Waals surface area contributed by atoms with Gasteiger partial charge in [0, 0.05) is 0 Å². The summed E-state index contributed by atoms with van der Waals surface area (Å²) in [6, 6.07) is 40.4. The van der Waals surface area contributed by atoms with Gasteiger partial charge in [-0.15, -0.1) is 69.1 Å². The maximum absolute atomic E-state index is 2.34. The second-order valence-electron chi connectivity index (χ2n) is 14.5. The van der Waals surface area contributed by atoms with Crippen molar-refractivity contribution in [3.05, 3.63) is 131 Å². The third kappa shape index (κ3) is 10.9. The van der Waals surface area contributed by atoms with Crippen molar-refractivity contribution in [2.24, 2.45) is 0 Å². The van der Waals surface area contributed by atoms with Crippen LogP contribution in [0.1, 0.15) is 70.7 Å². The maximum Gasteiger partial charge on any atom is -0.0132 e. The largest absolute Gasteiger partial charge is 1.00 e. The second kappa shape index (κ2) is 17.4. The zero-order valence-corrected chi connectivity index (χ0v) is 34.8. The summed E-state index contributed by atoms with van der Waals surface area (Å²) in [5.74, 6) is 0. The minimum Gasteiger partial charge on any atom is -1.00 e. The summed E-state index contributed by atoms with van der Waals surface area (Å²) in [5, 5.41) is 5.41. The van der Waals surface area contributed by atoms with Crippen LogP contribution in [0, 0.1) is 6.92 Å². The molecule has 0 unspecified atom stereocenters. The minimum absolute atomic E-state index is 0. The van der Waals surface area contributed by atoms with E-state index < -0.39 is 0 Å². The van der Waals surface area contributed by atoms with Gasteiger partial charge >= 0.3 is 41.9 Å². The molecule has 0 bridgehead atoms. The molecule has 0 aliphatic carbocycles. The Bertz CT molecular complexity index is 1870. The summed E-state index contributed by atoms with van der Waals surface area (Å²) in [4.78, 5) is 0. The molecule has 47 heavy (non-hydrogen) atoms. The van der Waals surface area contributed by atoms with Gasteiger partial charge < -0.3 is 24.8 Å². The topological polar surface area (TPSA) is 0 Å². The normalized spacial score (nSPS) is 11.1. The molecule has 6 rings (SSSR count). The molecule has 0 radical (unpaired) electrons. The molecular formula is C43H50Cl2SiZr-2. The third-order valence-corrected chi connectivity index (χ3v) is 8.24. The van der Waals surface area contributed by atoms with E-state index in [0.717, 1.165) is 6.42 Å². The number of hydrogen-bond acceptors (Lipinski definition) is 0. The quantitative estimate of drug-likeness (QED) is 0.139. The zero-order chi connectivity index (χ0) is 32.9. The van der Waals surface area contributed by atoms with Gasteiger partial charge in [0.05, 0.1) is 0 Å². The molecule has 0 saturated carbocycles. The van der Waals surface area contributed by atoms with E-state index in [2.05, 4.69) is 178 Å². The van der Waals surface area contributed by atoms with Gasteiger partial charge in [-0.2, -0.15) is 12.1 Å². The van der Waals surface area contributed by atoms with E-state index in [-0.39, 0.29) is 41.1 Å². The van der Waals surface area contributed by atoms with Crippen molar-refractivity contribution in [3.8, 4) is 22.3 Å². The molecule has 0 spiro atoms. The van der Waals surface area contributed by atoms with Crippen molar-refractivity contribution >= 4 is 27.0 Å². The fourth-order valence-corrected chi connectivity index (χ4v) is 5.69. The summed E-state index contributed by atoms with van der Waals surface area (Å²) in [6.45, 7) is 22.5. The fraction of sp³-hybridized carbons (Fsp3) is 0.302. The predicted octanol–water partition coefficient (Wildman–Crippen LogP) is 6.71. The first kappa shape index (κ1) is 41.0. The maximum atomic E-state index is 2.34. The Kier molecular flexibility index (Phi) is 15.2. The van der Waals surface area contributed by atoms with E-state index >= 15 is 0 Å². The van der Waals surface area contributed by atoms with Crippen LogP contribution < -0.4 is 24.8 Å². The van der Waals surface area contributed by atoms with E-state index in [0.29, 0.717) is 0 Å². The van der Waals surface area contributed by atoms with Gasteiger partial charge in [-0.05, 0) is 39.5 Å². The smallest absolute Gasteiger partial charge is 0.0132 e. The van der Waals surface area contributed by atoms with Gasteiger partial charge in [0.2, 0.25) is 0 Å². The Balaban J connectivity index is 0.000000283. The van der Waals surface area contributed by atoms with Crippen molar-refractivity contribution in [1.82, 2.24) is 0 Å². The van der Waals surface area contributed by atoms with E-state index in [1.807, 2.05) is 0 Å². The number of fused-ring (bicyclic) bond motifs is 2. The van der Waals surface area contributed by atoms with Crippen LogP contribution in [-0.4, -0.2) is 5.43 Å². The average Bonchev–Trinajstić information content (AvgIpc) is 3.59. The summed E-state index contributed by atoms with van der Waals surface area (Å²) in [6.07, 6.45) is 1.09. The molecule has 6 aromatic carbocycles. The molecule has 0 fully saturated rings. The van der Waals surface area contributed by atoms with Crippen LogP contribution in [0.4, 0.5) is 0 Å². The SMILES string of the molecule is CCc1cc2c(-c3ccc(C(C)(C)C)cc3)cccc2[cH-]1.C[Si](C)=[Zr+2].Cc1cc2c(-c3ccc(C(C)(C)C)cc3)cccc2[cH-]1.[Cl-].[Cl-].